The number of rotatable bonds is 1. The molecular formula is C10H19N. The zero-order valence-corrected chi connectivity index (χ0v) is 7.80. The maximum Gasteiger partial charge on any atom is 0.00728 e. The molecule has 2 saturated carbocycles. The summed E-state index contributed by atoms with van der Waals surface area (Å²) in [6.45, 7) is 7.03. The van der Waals surface area contributed by atoms with Gasteiger partial charge in [-0.15, -0.1) is 0 Å². The highest BCUT2D eigenvalue weighted by Gasteiger charge is 2.63. The van der Waals surface area contributed by atoms with Crippen molar-refractivity contribution in [2.75, 3.05) is 0 Å². The van der Waals surface area contributed by atoms with Crippen molar-refractivity contribution in [3.8, 4) is 0 Å². The van der Waals surface area contributed by atoms with E-state index < -0.39 is 0 Å². The van der Waals surface area contributed by atoms with E-state index in [0.717, 1.165) is 17.8 Å². The molecule has 0 radical (unpaired) electrons. The third kappa shape index (κ3) is 0.807. The Balaban J connectivity index is 2.13. The Morgan fingerprint density at radius 2 is 2.00 bits per heavy atom. The molecule has 11 heavy (non-hydrogen) atoms. The summed E-state index contributed by atoms with van der Waals surface area (Å²) in [6, 6.07) is 0.496. The van der Waals surface area contributed by atoms with Gasteiger partial charge in [-0.3, -0.25) is 0 Å². The van der Waals surface area contributed by atoms with Crippen molar-refractivity contribution in [1.82, 2.24) is 0 Å². The molecule has 0 aromatic carbocycles. The van der Waals surface area contributed by atoms with Gasteiger partial charge in [0.25, 0.3) is 0 Å². The molecule has 2 aliphatic carbocycles. The van der Waals surface area contributed by atoms with Gasteiger partial charge in [0, 0.05) is 6.04 Å². The summed E-state index contributed by atoms with van der Waals surface area (Å²) in [6.07, 6.45) is 2.75. The minimum Gasteiger partial charge on any atom is -0.327 e. The lowest BCUT2D eigenvalue weighted by atomic mass is 9.89. The Bertz CT molecular complexity index is 176. The molecule has 0 amide bonds. The first-order valence-electron chi connectivity index (χ1n) is 4.83. The Hall–Kier alpha value is -0.0400. The van der Waals surface area contributed by atoms with Crippen LogP contribution in [0.1, 0.15) is 33.6 Å². The summed E-state index contributed by atoms with van der Waals surface area (Å²) in [4.78, 5) is 0. The van der Waals surface area contributed by atoms with Crippen molar-refractivity contribution in [1.29, 1.82) is 0 Å². The fraction of sp³-hybridized carbons (Fsp3) is 1.00. The van der Waals surface area contributed by atoms with Crippen LogP contribution in [0.2, 0.25) is 0 Å². The lowest BCUT2D eigenvalue weighted by molar-refractivity contribution is 0.335. The molecule has 1 nitrogen and oxygen atoms in total. The molecule has 0 aromatic rings. The van der Waals surface area contributed by atoms with Crippen LogP contribution in [0.4, 0.5) is 0 Å². The zero-order valence-electron chi connectivity index (χ0n) is 7.80. The quantitative estimate of drug-likeness (QED) is 0.612. The number of hydrogen-bond acceptors (Lipinski definition) is 1. The first-order chi connectivity index (χ1) is 5.08. The molecule has 2 N–H and O–H groups in total. The van der Waals surface area contributed by atoms with Crippen LogP contribution in [0.25, 0.3) is 0 Å². The summed E-state index contributed by atoms with van der Waals surface area (Å²) < 4.78 is 0. The first-order valence-corrected chi connectivity index (χ1v) is 4.83. The topological polar surface area (TPSA) is 26.0 Å². The van der Waals surface area contributed by atoms with Gasteiger partial charge >= 0.3 is 0 Å². The summed E-state index contributed by atoms with van der Waals surface area (Å²) >= 11 is 0. The van der Waals surface area contributed by atoms with Crippen LogP contribution in [-0.4, -0.2) is 6.04 Å². The van der Waals surface area contributed by atoms with E-state index in [1.807, 2.05) is 0 Å². The van der Waals surface area contributed by atoms with Gasteiger partial charge < -0.3 is 5.73 Å². The minimum atomic E-state index is 0.496. The molecule has 0 unspecified atom stereocenters. The van der Waals surface area contributed by atoms with E-state index in [-0.39, 0.29) is 0 Å². The van der Waals surface area contributed by atoms with E-state index in [1.165, 1.54) is 12.8 Å². The second-order valence-electron chi connectivity index (χ2n) is 4.93. The molecule has 64 valence electrons. The Labute approximate surface area is 69.4 Å². The van der Waals surface area contributed by atoms with Crippen LogP contribution in [0.5, 0.6) is 0 Å². The van der Waals surface area contributed by atoms with E-state index in [4.69, 9.17) is 5.73 Å². The monoisotopic (exact) mass is 153 g/mol. The average molecular weight is 153 g/mol. The molecular weight excluding hydrogens is 134 g/mol. The molecule has 0 aliphatic heterocycles. The van der Waals surface area contributed by atoms with Crippen molar-refractivity contribution in [2.24, 2.45) is 28.9 Å². The van der Waals surface area contributed by atoms with Crippen LogP contribution in [0, 0.1) is 23.2 Å². The normalized spacial score (nSPS) is 54.8. The Morgan fingerprint density at radius 1 is 1.36 bits per heavy atom. The lowest BCUT2D eigenvalue weighted by Crippen LogP contribution is -2.26. The summed E-state index contributed by atoms with van der Waals surface area (Å²) in [5.74, 6) is 2.61. The van der Waals surface area contributed by atoms with Crippen molar-refractivity contribution in [3.05, 3.63) is 0 Å². The maximum atomic E-state index is 6.02. The van der Waals surface area contributed by atoms with E-state index in [1.54, 1.807) is 0 Å². The highest BCUT2D eigenvalue weighted by atomic mass is 14.8. The van der Waals surface area contributed by atoms with Crippen LogP contribution in [0.15, 0.2) is 0 Å². The predicted molar refractivity (Wildman–Crippen MR) is 47.1 cm³/mol. The van der Waals surface area contributed by atoms with Gasteiger partial charge in [-0.2, -0.15) is 0 Å². The van der Waals surface area contributed by atoms with Crippen molar-refractivity contribution < 1.29 is 0 Å². The fourth-order valence-electron chi connectivity index (χ4n) is 3.12. The summed E-state index contributed by atoms with van der Waals surface area (Å²) in [5.41, 5.74) is 6.70. The lowest BCUT2D eigenvalue weighted by Gasteiger charge is -2.18. The van der Waals surface area contributed by atoms with Crippen LogP contribution < -0.4 is 5.73 Å². The largest absolute Gasteiger partial charge is 0.327 e. The minimum absolute atomic E-state index is 0.496. The molecule has 0 bridgehead atoms. The van der Waals surface area contributed by atoms with Crippen LogP contribution in [-0.2, 0) is 0 Å². The van der Waals surface area contributed by atoms with Gasteiger partial charge in [0.1, 0.15) is 0 Å². The third-order valence-electron chi connectivity index (χ3n) is 4.25. The van der Waals surface area contributed by atoms with Crippen LogP contribution in [0.3, 0.4) is 0 Å². The second kappa shape index (κ2) is 2.01. The molecule has 0 aromatic heterocycles. The standard InChI is InChI=1S/C10H19N/c1-6(2)10-4-8(10)7(3)9(11)5-10/h6-9H,4-5,11H2,1-3H3/t7-,8+,9+,10-/m0/s1. The van der Waals surface area contributed by atoms with Gasteiger partial charge in [0.15, 0.2) is 0 Å². The third-order valence-corrected chi connectivity index (χ3v) is 4.25. The number of nitrogens with two attached hydrogens (primary N) is 1. The first kappa shape index (κ1) is 7.60. The van der Waals surface area contributed by atoms with E-state index >= 15 is 0 Å². The molecule has 2 rings (SSSR count). The number of fused-ring (bicyclic) bond motifs is 1. The van der Waals surface area contributed by atoms with Crippen molar-refractivity contribution >= 4 is 0 Å². The maximum absolute atomic E-state index is 6.02. The van der Waals surface area contributed by atoms with E-state index in [2.05, 4.69) is 20.8 Å². The second-order valence-corrected chi connectivity index (χ2v) is 4.93. The predicted octanol–water partition coefficient (Wildman–Crippen LogP) is 2.02. The molecule has 2 fully saturated rings. The summed E-state index contributed by atoms with van der Waals surface area (Å²) in [5, 5.41) is 0. The van der Waals surface area contributed by atoms with E-state index in [0.29, 0.717) is 11.5 Å². The molecule has 0 saturated heterocycles. The van der Waals surface area contributed by atoms with E-state index in [9.17, 15) is 0 Å². The van der Waals surface area contributed by atoms with Crippen molar-refractivity contribution in [3.63, 3.8) is 0 Å². The van der Waals surface area contributed by atoms with Gasteiger partial charge in [0.2, 0.25) is 0 Å². The smallest absolute Gasteiger partial charge is 0.00728 e. The van der Waals surface area contributed by atoms with Gasteiger partial charge in [0.05, 0.1) is 0 Å². The highest BCUT2D eigenvalue weighted by Crippen LogP contribution is 2.69. The fourth-order valence-corrected chi connectivity index (χ4v) is 3.12. The Kier molecular flexibility index (Phi) is 1.39. The van der Waals surface area contributed by atoms with Crippen molar-refractivity contribution in [2.45, 2.75) is 39.7 Å². The van der Waals surface area contributed by atoms with Gasteiger partial charge in [-0.25, -0.2) is 0 Å². The molecule has 4 atom stereocenters. The molecule has 0 heterocycles. The Morgan fingerprint density at radius 3 is 2.27 bits per heavy atom. The number of hydrogen-bond donors (Lipinski definition) is 1. The zero-order chi connectivity index (χ0) is 8.22. The molecule has 0 spiro atoms. The average Bonchev–Trinajstić information content (AvgIpc) is 2.57. The van der Waals surface area contributed by atoms with Crippen LogP contribution >= 0.6 is 0 Å². The summed E-state index contributed by atoms with van der Waals surface area (Å²) in [7, 11) is 0. The highest BCUT2D eigenvalue weighted by molar-refractivity contribution is 5.14. The molecule has 1 heteroatoms. The van der Waals surface area contributed by atoms with Gasteiger partial charge in [-0.05, 0) is 36.0 Å². The SMILES string of the molecule is CC(C)[C@]12C[C@@H](N)[C@@H](C)[C@H]1C2. The molecule has 2 aliphatic rings. The van der Waals surface area contributed by atoms with Gasteiger partial charge in [-0.1, -0.05) is 20.8 Å².